The number of hydrogen-bond donors (Lipinski definition) is 1. The molecule has 2 saturated carbocycles. The molecule has 122 valence electrons. The van der Waals surface area contributed by atoms with Crippen LogP contribution in [0.5, 0.6) is 0 Å². The molecular weight excluding hydrogens is 260 g/mol. The largest absolute Gasteiger partial charge is 0.375 e. The number of ether oxygens (including phenoxy) is 1. The second-order valence-corrected chi connectivity index (χ2v) is 7.22. The van der Waals surface area contributed by atoms with Crippen molar-refractivity contribution >= 4 is 0 Å². The summed E-state index contributed by atoms with van der Waals surface area (Å²) in [6, 6.07) is 2.16. The zero-order chi connectivity index (χ0) is 14.5. The van der Waals surface area contributed by atoms with Gasteiger partial charge in [-0.1, -0.05) is 45.4 Å². The second-order valence-electron chi connectivity index (χ2n) is 7.22. The van der Waals surface area contributed by atoms with Gasteiger partial charge in [-0.2, -0.15) is 0 Å². The Hall–Kier alpha value is -0.120. The van der Waals surface area contributed by atoms with E-state index >= 15 is 0 Å². The Balaban J connectivity index is 1.72. The van der Waals surface area contributed by atoms with Crippen LogP contribution in [-0.4, -0.2) is 48.8 Å². The molecule has 21 heavy (non-hydrogen) atoms. The summed E-state index contributed by atoms with van der Waals surface area (Å²) >= 11 is 0. The number of hydrogen-bond acceptors (Lipinski definition) is 3. The molecule has 1 heterocycles. The Labute approximate surface area is 130 Å². The summed E-state index contributed by atoms with van der Waals surface area (Å²) in [7, 11) is 0. The van der Waals surface area contributed by atoms with Crippen molar-refractivity contribution in [2.75, 3.05) is 19.7 Å². The molecule has 3 aliphatic rings. The van der Waals surface area contributed by atoms with Crippen molar-refractivity contribution in [2.24, 2.45) is 0 Å². The molecule has 0 bridgehead atoms. The lowest BCUT2D eigenvalue weighted by Gasteiger charge is -2.50. The van der Waals surface area contributed by atoms with Crippen LogP contribution in [0.3, 0.4) is 0 Å². The fourth-order valence-electron chi connectivity index (χ4n) is 4.90. The monoisotopic (exact) mass is 294 g/mol. The van der Waals surface area contributed by atoms with Crippen molar-refractivity contribution < 1.29 is 4.74 Å². The van der Waals surface area contributed by atoms with E-state index in [0.29, 0.717) is 18.2 Å². The standard InChI is InChI=1S/C18H34N2O/c1-2-19-15-9-5-3-4-6-10-16(15)20-13-14-21-18-12-8-7-11-17(18)20/h15-19H,2-14H2,1H3. The topological polar surface area (TPSA) is 24.5 Å². The third-order valence-corrected chi connectivity index (χ3v) is 5.90. The molecule has 2 aliphatic carbocycles. The van der Waals surface area contributed by atoms with Crippen LogP contribution in [0.15, 0.2) is 0 Å². The van der Waals surface area contributed by atoms with Gasteiger partial charge in [-0.15, -0.1) is 0 Å². The Morgan fingerprint density at radius 2 is 1.62 bits per heavy atom. The lowest BCUT2D eigenvalue weighted by Crippen LogP contribution is -2.61. The predicted molar refractivity (Wildman–Crippen MR) is 87.7 cm³/mol. The average Bonchev–Trinajstić information content (AvgIpc) is 2.50. The van der Waals surface area contributed by atoms with E-state index in [9.17, 15) is 0 Å². The molecule has 1 saturated heterocycles. The average molecular weight is 294 g/mol. The number of morpholine rings is 1. The molecule has 4 atom stereocenters. The minimum Gasteiger partial charge on any atom is -0.375 e. The second kappa shape index (κ2) is 7.94. The van der Waals surface area contributed by atoms with Crippen LogP contribution >= 0.6 is 0 Å². The third-order valence-electron chi connectivity index (χ3n) is 5.90. The fourth-order valence-corrected chi connectivity index (χ4v) is 4.90. The first-order chi connectivity index (χ1) is 10.4. The molecule has 4 unspecified atom stereocenters. The summed E-state index contributed by atoms with van der Waals surface area (Å²) in [5, 5.41) is 3.81. The van der Waals surface area contributed by atoms with Crippen molar-refractivity contribution in [3.05, 3.63) is 0 Å². The van der Waals surface area contributed by atoms with E-state index in [4.69, 9.17) is 4.74 Å². The summed E-state index contributed by atoms with van der Waals surface area (Å²) in [5.41, 5.74) is 0. The number of nitrogens with one attached hydrogen (secondary N) is 1. The first kappa shape index (κ1) is 15.8. The summed E-state index contributed by atoms with van der Waals surface area (Å²) < 4.78 is 6.09. The van der Waals surface area contributed by atoms with Crippen LogP contribution in [0.25, 0.3) is 0 Å². The van der Waals surface area contributed by atoms with E-state index in [0.717, 1.165) is 25.7 Å². The van der Waals surface area contributed by atoms with Crippen molar-refractivity contribution in [3.8, 4) is 0 Å². The van der Waals surface area contributed by atoms with Crippen molar-refractivity contribution in [1.29, 1.82) is 0 Å². The van der Waals surface area contributed by atoms with Gasteiger partial charge in [0.2, 0.25) is 0 Å². The molecule has 3 heteroatoms. The maximum atomic E-state index is 6.09. The molecule has 0 aromatic rings. The number of fused-ring (bicyclic) bond motifs is 1. The van der Waals surface area contributed by atoms with E-state index in [1.807, 2.05) is 0 Å². The Morgan fingerprint density at radius 1 is 0.905 bits per heavy atom. The number of likely N-dealkylation sites (N-methyl/N-ethyl adjacent to an activating group) is 1. The van der Waals surface area contributed by atoms with E-state index in [1.54, 1.807) is 0 Å². The highest BCUT2D eigenvalue weighted by Crippen LogP contribution is 2.33. The quantitative estimate of drug-likeness (QED) is 0.864. The van der Waals surface area contributed by atoms with Gasteiger partial charge in [0.05, 0.1) is 12.7 Å². The zero-order valence-corrected chi connectivity index (χ0v) is 13.9. The molecule has 0 radical (unpaired) electrons. The van der Waals surface area contributed by atoms with Gasteiger partial charge >= 0.3 is 0 Å². The summed E-state index contributed by atoms with van der Waals surface area (Å²) in [6.45, 7) is 5.49. The first-order valence-electron chi connectivity index (χ1n) is 9.51. The highest BCUT2D eigenvalue weighted by Gasteiger charge is 2.39. The van der Waals surface area contributed by atoms with Gasteiger partial charge in [0, 0.05) is 24.7 Å². The normalized spacial score (nSPS) is 39.3. The molecule has 3 rings (SSSR count). The fraction of sp³-hybridized carbons (Fsp3) is 1.00. The van der Waals surface area contributed by atoms with Crippen LogP contribution in [0, 0.1) is 0 Å². The zero-order valence-electron chi connectivity index (χ0n) is 13.9. The molecule has 1 N–H and O–H groups in total. The summed E-state index contributed by atoms with van der Waals surface area (Å²) in [4.78, 5) is 2.87. The SMILES string of the molecule is CCNC1CCCCCCC1N1CCOC2CCCCC21. The van der Waals surface area contributed by atoms with Crippen molar-refractivity contribution in [1.82, 2.24) is 10.2 Å². The van der Waals surface area contributed by atoms with E-state index < -0.39 is 0 Å². The first-order valence-corrected chi connectivity index (χ1v) is 9.51. The van der Waals surface area contributed by atoms with Gasteiger partial charge in [0.1, 0.15) is 0 Å². The molecule has 0 aromatic heterocycles. The van der Waals surface area contributed by atoms with E-state index in [1.165, 1.54) is 64.2 Å². The van der Waals surface area contributed by atoms with E-state index in [2.05, 4.69) is 17.1 Å². The molecule has 0 spiro atoms. The van der Waals surface area contributed by atoms with Gasteiger partial charge < -0.3 is 10.1 Å². The van der Waals surface area contributed by atoms with Crippen LogP contribution in [0.2, 0.25) is 0 Å². The number of rotatable bonds is 3. The Kier molecular flexibility index (Phi) is 5.96. The third kappa shape index (κ3) is 3.80. The lowest BCUT2D eigenvalue weighted by molar-refractivity contribution is -0.109. The molecule has 3 nitrogen and oxygen atoms in total. The Bertz CT molecular complexity index is 308. The van der Waals surface area contributed by atoms with Crippen LogP contribution < -0.4 is 5.32 Å². The van der Waals surface area contributed by atoms with Crippen LogP contribution in [-0.2, 0) is 4.74 Å². The van der Waals surface area contributed by atoms with E-state index in [-0.39, 0.29) is 0 Å². The molecular formula is C18H34N2O. The lowest BCUT2D eigenvalue weighted by atomic mass is 9.85. The minimum atomic E-state index is 0.528. The van der Waals surface area contributed by atoms with Crippen molar-refractivity contribution in [3.63, 3.8) is 0 Å². The number of nitrogens with zero attached hydrogens (tertiary/aromatic N) is 1. The highest BCUT2D eigenvalue weighted by molar-refractivity contribution is 4.95. The van der Waals surface area contributed by atoms with Crippen molar-refractivity contribution in [2.45, 2.75) is 95.4 Å². The van der Waals surface area contributed by atoms with Gasteiger partial charge in [-0.25, -0.2) is 0 Å². The minimum absolute atomic E-state index is 0.528. The summed E-state index contributed by atoms with van der Waals surface area (Å²) in [6.07, 6.45) is 14.4. The summed E-state index contributed by atoms with van der Waals surface area (Å²) in [5.74, 6) is 0. The van der Waals surface area contributed by atoms with Gasteiger partial charge in [-0.3, -0.25) is 4.90 Å². The van der Waals surface area contributed by atoms with Gasteiger partial charge in [-0.05, 0) is 32.2 Å². The Morgan fingerprint density at radius 3 is 2.48 bits per heavy atom. The maximum absolute atomic E-state index is 6.09. The smallest absolute Gasteiger partial charge is 0.0731 e. The van der Waals surface area contributed by atoms with Crippen LogP contribution in [0.4, 0.5) is 0 Å². The molecule has 3 fully saturated rings. The van der Waals surface area contributed by atoms with Crippen LogP contribution in [0.1, 0.15) is 71.1 Å². The highest BCUT2D eigenvalue weighted by atomic mass is 16.5. The molecule has 0 amide bonds. The molecule has 1 aliphatic heterocycles. The predicted octanol–water partition coefficient (Wildman–Crippen LogP) is 3.33. The molecule has 0 aromatic carbocycles. The van der Waals surface area contributed by atoms with Gasteiger partial charge in [0.15, 0.2) is 0 Å². The maximum Gasteiger partial charge on any atom is 0.0731 e. The van der Waals surface area contributed by atoms with Gasteiger partial charge in [0.25, 0.3) is 0 Å².